The van der Waals surface area contributed by atoms with Crippen LogP contribution in [0.3, 0.4) is 0 Å². The first-order valence-corrected chi connectivity index (χ1v) is 11.3. The number of aromatic carboxylic acids is 1. The number of furan rings is 1. The van der Waals surface area contributed by atoms with Crippen LogP contribution in [0.4, 0.5) is 0 Å². The van der Waals surface area contributed by atoms with E-state index in [-0.39, 0.29) is 23.6 Å². The molecule has 174 valence electrons. The second-order valence-electron chi connectivity index (χ2n) is 7.66. The number of carboxylic acids is 1. The van der Waals surface area contributed by atoms with Gasteiger partial charge in [0.15, 0.2) is 5.84 Å². The second kappa shape index (κ2) is 9.07. The molecule has 9 nitrogen and oxygen atoms in total. The van der Waals surface area contributed by atoms with Crippen molar-refractivity contribution in [2.45, 2.75) is 6.92 Å². The van der Waals surface area contributed by atoms with E-state index in [9.17, 15) is 14.7 Å². The molecule has 2 aromatic carbocycles. The highest BCUT2D eigenvalue weighted by molar-refractivity contribution is 8.27. The molecule has 2 aliphatic heterocycles. The van der Waals surface area contributed by atoms with Crippen LogP contribution in [0.1, 0.15) is 21.7 Å². The molecule has 0 atom stereocenters. The predicted octanol–water partition coefficient (Wildman–Crippen LogP) is 4.65. The van der Waals surface area contributed by atoms with Gasteiger partial charge in [0, 0.05) is 5.56 Å². The monoisotopic (exact) mass is 486 g/mol. The van der Waals surface area contributed by atoms with Crippen LogP contribution < -0.4 is 4.74 Å². The SMILES string of the molecule is Cc1ccccc1OCC1=NN2C(=N)C(=Cc3ccc(-c4cccc(C(=O)O)c4)o3)C(=O)N=C2S1. The van der Waals surface area contributed by atoms with Crippen molar-refractivity contribution in [3.63, 3.8) is 0 Å². The third kappa shape index (κ3) is 4.51. The zero-order chi connectivity index (χ0) is 24.5. The van der Waals surface area contributed by atoms with Crippen molar-refractivity contribution >= 4 is 45.8 Å². The van der Waals surface area contributed by atoms with Crippen LogP contribution in [0.25, 0.3) is 17.4 Å². The molecule has 0 aliphatic carbocycles. The number of hydrogen-bond acceptors (Lipinski definition) is 7. The van der Waals surface area contributed by atoms with Gasteiger partial charge >= 0.3 is 5.97 Å². The lowest BCUT2D eigenvalue weighted by molar-refractivity contribution is -0.114. The summed E-state index contributed by atoms with van der Waals surface area (Å²) in [4.78, 5) is 28.0. The highest BCUT2D eigenvalue weighted by atomic mass is 32.2. The van der Waals surface area contributed by atoms with Crippen LogP contribution in [0.5, 0.6) is 5.75 Å². The molecule has 0 bridgehead atoms. The van der Waals surface area contributed by atoms with E-state index in [4.69, 9.17) is 14.6 Å². The third-order valence-electron chi connectivity index (χ3n) is 5.25. The normalized spacial score (nSPS) is 16.3. The number of amides is 1. The lowest BCUT2D eigenvalue weighted by atomic mass is 10.1. The van der Waals surface area contributed by atoms with E-state index in [1.807, 2.05) is 31.2 Å². The van der Waals surface area contributed by atoms with Crippen LogP contribution in [-0.2, 0) is 4.79 Å². The predicted molar refractivity (Wildman–Crippen MR) is 133 cm³/mol. The Morgan fingerprint density at radius 1 is 1.20 bits per heavy atom. The Kier molecular flexibility index (Phi) is 5.79. The lowest BCUT2D eigenvalue weighted by Crippen LogP contribution is -2.35. The lowest BCUT2D eigenvalue weighted by Gasteiger charge is -2.19. The van der Waals surface area contributed by atoms with Crippen LogP contribution in [0.2, 0.25) is 0 Å². The van der Waals surface area contributed by atoms with Crippen LogP contribution >= 0.6 is 11.8 Å². The summed E-state index contributed by atoms with van der Waals surface area (Å²) < 4.78 is 11.6. The Morgan fingerprint density at radius 2 is 2.03 bits per heavy atom. The Labute approximate surface area is 203 Å². The van der Waals surface area contributed by atoms with Gasteiger partial charge in [-0.25, -0.2) is 4.79 Å². The Bertz CT molecular complexity index is 1470. The molecule has 0 radical (unpaired) electrons. The van der Waals surface area contributed by atoms with E-state index in [0.29, 0.717) is 27.3 Å². The van der Waals surface area contributed by atoms with Crippen molar-refractivity contribution in [1.82, 2.24) is 5.01 Å². The van der Waals surface area contributed by atoms with E-state index >= 15 is 0 Å². The van der Waals surface area contributed by atoms with Crippen molar-refractivity contribution < 1.29 is 23.8 Å². The van der Waals surface area contributed by atoms with Crippen LogP contribution in [-0.4, -0.2) is 44.6 Å². The first-order chi connectivity index (χ1) is 16.9. The summed E-state index contributed by atoms with van der Waals surface area (Å²) in [6, 6.07) is 17.3. The number of benzene rings is 2. The molecule has 1 aromatic heterocycles. The quantitative estimate of drug-likeness (QED) is 0.485. The number of hydrogen-bond donors (Lipinski definition) is 2. The van der Waals surface area contributed by atoms with E-state index in [1.54, 1.807) is 24.3 Å². The highest BCUT2D eigenvalue weighted by Gasteiger charge is 2.36. The van der Waals surface area contributed by atoms with Crippen molar-refractivity contribution in [2.75, 3.05) is 6.61 Å². The van der Waals surface area contributed by atoms with E-state index < -0.39 is 11.9 Å². The van der Waals surface area contributed by atoms with Gasteiger partial charge in [0.2, 0.25) is 5.17 Å². The number of aryl methyl sites for hydroxylation is 1. The number of hydrazone groups is 1. The number of ether oxygens (including phenoxy) is 1. The van der Waals surface area contributed by atoms with Gasteiger partial charge in [0.05, 0.1) is 11.1 Å². The molecule has 0 saturated carbocycles. The number of aliphatic imine (C=N–C) groups is 1. The fraction of sp³-hybridized carbons (Fsp3) is 0.0800. The van der Waals surface area contributed by atoms with Gasteiger partial charge in [-0.3, -0.25) is 10.2 Å². The smallest absolute Gasteiger partial charge is 0.335 e. The van der Waals surface area contributed by atoms with Gasteiger partial charge in [-0.2, -0.15) is 15.1 Å². The van der Waals surface area contributed by atoms with E-state index in [1.165, 1.54) is 35.0 Å². The van der Waals surface area contributed by atoms with Gasteiger partial charge < -0.3 is 14.3 Å². The molecule has 2 N–H and O–H groups in total. The second-order valence-corrected chi connectivity index (χ2v) is 8.70. The fourth-order valence-electron chi connectivity index (χ4n) is 3.48. The summed E-state index contributed by atoms with van der Waals surface area (Å²) in [5, 5.41) is 24.3. The molecule has 10 heteroatoms. The van der Waals surface area contributed by atoms with Crippen LogP contribution in [0, 0.1) is 12.3 Å². The summed E-state index contributed by atoms with van der Waals surface area (Å²) in [5.74, 6) is -0.240. The molecule has 5 rings (SSSR count). The number of para-hydroxylation sites is 1. The maximum atomic E-state index is 12.7. The minimum Gasteiger partial charge on any atom is -0.486 e. The number of nitrogens with zero attached hydrogens (tertiary/aromatic N) is 3. The number of thioether (sulfide) groups is 1. The third-order valence-corrected chi connectivity index (χ3v) is 6.13. The maximum absolute atomic E-state index is 12.7. The van der Waals surface area contributed by atoms with Gasteiger partial charge in [-0.1, -0.05) is 30.3 Å². The summed E-state index contributed by atoms with van der Waals surface area (Å²) >= 11 is 1.18. The molecule has 0 fully saturated rings. The molecule has 3 aromatic rings. The maximum Gasteiger partial charge on any atom is 0.335 e. The van der Waals surface area contributed by atoms with E-state index in [2.05, 4.69) is 10.1 Å². The summed E-state index contributed by atoms with van der Waals surface area (Å²) in [7, 11) is 0. The topological polar surface area (TPSA) is 129 Å². The Morgan fingerprint density at radius 3 is 2.83 bits per heavy atom. The average molecular weight is 487 g/mol. The largest absolute Gasteiger partial charge is 0.486 e. The number of carboxylic acid groups (broad SMARTS) is 1. The Balaban J connectivity index is 1.34. The van der Waals surface area contributed by atoms with Crippen LogP contribution in [0.15, 0.2) is 80.7 Å². The standard InChI is InChI=1S/C25H18N4O5S/c1-14-5-2-3-8-19(14)33-13-21-28-29-22(26)18(23(30)27-25(29)35-21)12-17-9-10-20(34-17)15-6-4-7-16(11-15)24(31)32/h2-12,26H,13H2,1H3,(H,31,32). The number of fused-ring (bicyclic) bond motifs is 1. The zero-order valence-electron chi connectivity index (χ0n) is 18.4. The molecule has 2 aliphatic rings. The molecule has 1 amide bonds. The number of amidine groups is 2. The summed E-state index contributed by atoms with van der Waals surface area (Å²) in [6.45, 7) is 2.13. The summed E-state index contributed by atoms with van der Waals surface area (Å²) in [5.41, 5.74) is 1.74. The minimum atomic E-state index is -1.04. The molecule has 0 saturated heterocycles. The van der Waals surface area contributed by atoms with Gasteiger partial charge in [-0.15, -0.1) is 0 Å². The average Bonchev–Trinajstić information content (AvgIpc) is 3.48. The Hall–Kier alpha value is -4.44. The number of nitrogens with one attached hydrogen (secondary N) is 1. The minimum absolute atomic E-state index is 0.0272. The molecular weight excluding hydrogens is 468 g/mol. The molecule has 0 unspecified atom stereocenters. The van der Waals surface area contributed by atoms with E-state index in [0.717, 1.165) is 11.3 Å². The van der Waals surface area contributed by atoms with Crippen molar-refractivity contribution in [3.05, 3.63) is 83.1 Å². The van der Waals surface area contributed by atoms with Crippen molar-refractivity contribution in [3.8, 4) is 17.1 Å². The van der Waals surface area contributed by atoms with Crippen molar-refractivity contribution in [1.29, 1.82) is 5.41 Å². The first-order valence-electron chi connectivity index (χ1n) is 10.5. The number of carbonyl (C=O) groups excluding carboxylic acids is 1. The van der Waals surface area contributed by atoms with Gasteiger partial charge in [0.1, 0.15) is 28.9 Å². The fourth-order valence-corrected chi connectivity index (χ4v) is 4.28. The number of rotatable bonds is 6. The van der Waals surface area contributed by atoms with Gasteiger partial charge in [-0.05, 0) is 60.7 Å². The molecular formula is C25H18N4O5S. The van der Waals surface area contributed by atoms with Gasteiger partial charge in [0.25, 0.3) is 5.91 Å². The highest BCUT2D eigenvalue weighted by Crippen LogP contribution is 2.30. The zero-order valence-corrected chi connectivity index (χ0v) is 19.2. The molecule has 0 spiro atoms. The van der Waals surface area contributed by atoms with Crippen molar-refractivity contribution in [2.24, 2.45) is 10.1 Å². The number of carbonyl (C=O) groups is 2. The molecule has 35 heavy (non-hydrogen) atoms. The first kappa shape index (κ1) is 22.4. The molecule has 3 heterocycles. The summed E-state index contributed by atoms with van der Waals surface area (Å²) in [6.07, 6.45) is 1.43.